The average Bonchev–Trinajstić information content (AvgIpc) is 3.26. The predicted molar refractivity (Wildman–Crippen MR) is 175 cm³/mol. The lowest BCUT2D eigenvalue weighted by Gasteiger charge is -2.26. The first-order chi connectivity index (χ1) is 20.7. The van der Waals surface area contributed by atoms with E-state index in [9.17, 15) is 9.59 Å². The number of ether oxygens (including phenoxy) is 3. The molecule has 0 bridgehead atoms. The first-order valence-corrected chi connectivity index (χ1v) is 16.2. The Balaban J connectivity index is 1.55. The molecule has 0 unspecified atom stereocenters. The van der Waals surface area contributed by atoms with Gasteiger partial charge in [0.25, 0.3) is 5.56 Å². The fraction of sp³-hybridized carbons (Fsp3) is 0.242. The van der Waals surface area contributed by atoms with Gasteiger partial charge in [-0.05, 0) is 91.2 Å². The molecule has 4 aromatic rings. The summed E-state index contributed by atoms with van der Waals surface area (Å²) in [7, 11) is 0. The van der Waals surface area contributed by atoms with Gasteiger partial charge in [0.2, 0.25) is 0 Å². The van der Waals surface area contributed by atoms with Crippen molar-refractivity contribution in [2.24, 2.45) is 4.99 Å². The number of hydrogen-bond donors (Lipinski definition) is 0. The number of carbonyl (C=O) groups excluding carboxylic acids is 1. The second kappa shape index (κ2) is 13.4. The van der Waals surface area contributed by atoms with E-state index in [1.165, 1.54) is 11.3 Å². The summed E-state index contributed by atoms with van der Waals surface area (Å²) in [5.41, 5.74) is 3.12. The third-order valence-corrected chi connectivity index (χ3v) is 8.79. The molecule has 7 nitrogen and oxygen atoms in total. The third kappa shape index (κ3) is 6.87. The topological polar surface area (TPSA) is 79.1 Å². The molecule has 0 amide bonds. The summed E-state index contributed by atoms with van der Waals surface area (Å²) >= 11 is 8.34. The highest BCUT2D eigenvalue weighted by atomic mass is 79.9. The number of rotatable bonds is 9. The van der Waals surface area contributed by atoms with Gasteiger partial charge in [-0.25, -0.2) is 9.79 Å². The lowest BCUT2D eigenvalue weighted by Crippen LogP contribution is -2.40. The summed E-state index contributed by atoms with van der Waals surface area (Å²) in [5.74, 6) is 0.777. The predicted octanol–water partition coefficient (Wildman–Crippen LogP) is 6.69. The van der Waals surface area contributed by atoms with Crippen molar-refractivity contribution in [3.05, 3.63) is 123 Å². The molecule has 1 aliphatic heterocycles. The molecule has 1 aliphatic rings. The van der Waals surface area contributed by atoms with Crippen LogP contribution in [0, 0.1) is 0 Å². The number of benzene rings is 3. The molecule has 1 atom stereocenters. The van der Waals surface area contributed by atoms with Gasteiger partial charge in [0.1, 0.15) is 24.1 Å². The van der Waals surface area contributed by atoms with Crippen LogP contribution in [0.4, 0.5) is 0 Å². The van der Waals surface area contributed by atoms with Gasteiger partial charge in [0, 0.05) is 10.0 Å². The summed E-state index contributed by atoms with van der Waals surface area (Å²) in [6.45, 7) is 8.02. The van der Waals surface area contributed by atoms with Gasteiger partial charge in [0.05, 0.1) is 33.0 Å². The summed E-state index contributed by atoms with van der Waals surface area (Å²) in [6, 6.07) is 20.3. The zero-order valence-corrected chi connectivity index (χ0v) is 28.1. The molecule has 2 heterocycles. The highest BCUT2D eigenvalue weighted by molar-refractivity contribution is 9.10. The second-order valence-corrected chi connectivity index (χ2v) is 12.9. The summed E-state index contributed by atoms with van der Waals surface area (Å²) in [4.78, 5) is 32.5. The number of halogens is 2. The monoisotopic (exact) mass is 724 g/mol. The smallest absolute Gasteiger partial charge is 0.338 e. The fourth-order valence-electron chi connectivity index (χ4n) is 4.77. The maximum Gasteiger partial charge on any atom is 0.338 e. The highest BCUT2D eigenvalue weighted by Crippen LogP contribution is 2.36. The normalized spacial score (nSPS) is 14.9. The van der Waals surface area contributed by atoms with Crippen molar-refractivity contribution >= 4 is 55.2 Å². The Bertz CT molecular complexity index is 1880. The van der Waals surface area contributed by atoms with E-state index in [1.807, 2.05) is 86.7 Å². The standard InChI is InChI=1S/C33H30Br2N2O5S/c1-5-40-32(39)29-20(4)36-33-37(30(29)24-8-6-7-9-26(24)42-19(2)3)31(38)28(43-33)17-22-12-15-27(25(35)16-22)41-18-21-10-13-23(34)14-11-21/h6-17,19,30H,5,18H2,1-4H3/b28-17+/t30-/m0/s1. The molecule has 1 aromatic heterocycles. The van der Waals surface area contributed by atoms with Crippen molar-refractivity contribution in [3.8, 4) is 11.5 Å². The van der Waals surface area contributed by atoms with E-state index in [1.54, 1.807) is 18.4 Å². The van der Waals surface area contributed by atoms with Gasteiger partial charge in [-0.3, -0.25) is 9.36 Å². The molecule has 0 saturated carbocycles. The Hall–Kier alpha value is -3.47. The minimum Gasteiger partial charge on any atom is -0.491 e. The zero-order chi connectivity index (χ0) is 30.7. The first-order valence-electron chi connectivity index (χ1n) is 13.8. The summed E-state index contributed by atoms with van der Waals surface area (Å²) < 4.78 is 21.4. The number of esters is 1. The van der Waals surface area contributed by atoms with Crippen LogP contribution in [0.1, 0.15) is 50.4 Å². The quantitative estimate of drug-likeness (QED) is 0.180. The number of allylic oxidation sites excluding steroid dienone is 1. The van der Waals surface area contributed by atoms with E-state index in [2.05, 4.69) is 36.9 Å². The second-order valence-electron chi connectivity index (χ2n) is 10.1. The molecule has 222 valence electrons. The average molecular weight is 726 g/mol. The minimum absolute atomic E-state index is 0.103. The van der Waals surface area contributed by atoms with Crippen molar-refractivity contribution in [3.63, 3.8) is 0 Å². The van der Waals surface area contributed by atoms with Crippen molar-refractivity contribution in [2.75, 3.05) is 6.61 Å². The Labute approximate surface area is 270 Å². The molecular weight excluding hydrogens is 696 g/mol. The van der Waals surface area contributed by atoms with Gasteiger partial charge < -0.3 is 14.2 Å². The Morgan fingerprint density at radius 3 is 2.51 bits per heavy atom. The molecular formula is C33H30Br2N2O5S. The Morgan fingerprint density at radius 2 is 1.81 bits per heavy atom. The van der Waals surface area contributed by atoms with Crippen LogP contribution in [0.5, 0.6) is 11.5 Å². The molecule has 0 N–H and O–H groups in total. The van der Waals surface area contributed by atoms with E-state index in [-0.39, 0.29) is 18.3 Å². The number of nitrogens with zero attached hydrogens (tertiary/aromatic N) is 2. The van der Waals surface area contributed by atoms with E-state index < -0.39 is 12.0 Å². The number of hydrogen-bond acceptors (Lipinski definition) is 7. The molecule has 0 radical (unpaired) electrons. The molecule has 10 heteroatoms. The van der Waals surface area contributed by atoms with E-state index in [0.29, 0.717) is 44.3 Å². The Kier molecular flexibility index (Phi) is 9.68. The van der Waals surface area contributed by atoms with Crippen LogP contribution in [-0.4, -0.2) is 23.2 Å². The highest BCUT2D eigenvalue weighted by Gasteiger charge is 2.35. The van der Waals surface area contributed by atoms with Crippen LogP contribution in [0.25, 0.3) is 6.08 Å². The number of carbonyl (C=O) groups is 1. The fourth-order valence-corrected chi connectivity index (χ4v) is 6.59. The lowest BCUT2D eigenvalue weighted by molar-refractivity contribution is -0.139. The first kappa shape index (κ1) is 31.0. The Morgan fingerprint density at radius 1 is 1.07 bits per heavy atom. The zero-order valence-electron chi connectivity index (χ0n) is 24.1. The number of thiazole rings is 1. The molecule has 3 aromatic carbocycles. The summed E-state index contributed by atoms with van der Waals surface area (Å²) in [6.07, 6.45) is 1.72. The van der Waals surface area contributed by atoms with Crippen LogP contribution in [0.15, 0.2) is 96.7 Å². The van der Waals surface area contributed by atoms with Crippen molar-refractivity contribution < 1.29 is 19.0 Å². The van der Waals surface area contributed by atoms with Gasteiger partial charge in [-0.2, -0.15) is 0 Å². The van der Waals surface area contributed by atoms with Crippen LogP contribution >= 0.6 is 43.2 Å². The van der Waals surface area contributed by atoms with E-state index >= 15 is 0 Å². The van der Waals surface area contributed by atoms with Crippen LogP contribution < -0.4 is 24.4 Å². The minimum atomic E-state index is -0.756. The van der Waals surface area contributed by atoms with E-state index in [0.717, 1.165) is 20.1 Å². The molecule has 43 heavy (non-hydrogen) atoms. The van der Waals surface area contributed by atoms with Crippen LogP contribution in [0.3, 0.4) is 0 Å². The molecule has 0 spiro atoms. The number of fused-ring (bicyclic) bond motifs is 1. The van der Waals surface area contributed by atoms with Crippen molar-refractivity contribution in [2.45, 2.75) is 46.4 Å². The lowest BCUT2D eigenvalue weighted by atomic mass is 9.95. The van der Waals surface area contributed by atoms with Gasteiger partial charge in [-0.1, -0.05) is 63.7 Å². The molecule has 0 aliphatic carbocycles. The van der Waals surface area contributed by atoms with Crippen molar-refractivity contribution in [1.82, 2.24) is 4.57 Å². The van der Waals surface area contributed by atoms with E-state index in [4.69, 9.17) is 14.2 Å². The maximum atomic E-state index is 14.0. The van der Waals surface area contributed by atoms with Crippen LogP contribution in [0.2, 0.25) is 0 Å². The third-order valence-electron chi connectivity index (χ3n) is 6.65. The van der Waals surface area contributed by atoms with Gasteiger partial charge >= 0.3 is 5.97 Å². The largest absolute Gasteiger partial charge is 0.491 e. The SMILES string of the molecule is CCOC(=O)C1=C(C)N=c2s/c(=C/c3ccc(OCc4ccc(Br)cc4)c(Br)c3)c(=O)n2[C@H]1c1ccccc1OC(C)C. The number of para-hydroxylation sites is 1. The van der Waals surface area contributed by atoms with Crippen LogP contribution in [-0.2, 0) is 16.1 Å². The summed E-state index contributed by atoms with van der Waals surface area (Å²) in [5, 5.41) is 0. The molecule has 0 saturated heterocycles. The molecule has 0 fully saturated rings. The number of aromatic nitrogens is 1. The maximum absolute atomic E-state index is 14.0. The van der Waals surface area contributed by atoms with Gasteiger partial charge in [0.15, 0.2) is 4.80 Å². The van der Waals surface area contributed by atoms with Crippen molar-refractivity contribution in [1.29, 1.82) is 0 Å². The van der Waals surface area contributed by atoms with Gasteiger partial charge in [-0.15, -0.1) is 0 Å². The molecule has 5 rings (SSSR count).